The smallest absolute Gasteiger partial charge is 0.251 e. The highest BCUT2D eigenvalue weighted by Gasteiger charge is 2.22. The van der Waals surface area contributed by atoms with E-state index in [1.165, 1.54) is 38.2 Å². The van der Waals surface area contributed by atoms with Gasteiger partial charge in [0.1, 0.15) is 5.75 Å². The number of carbonyl (C=O) groups is 1. The van der Waals surface area contributed by atoms with Crippen LogP contribution in [0.4, 0.5) is 0 Å². The first-order valence-corrected chi connectivity index (χ1v) is 7.66. The van der Waals surface area contributed by atoms with Crippen molar-refractivity contribution >= 4 is 21.8 Å². The molecule has 0 aliphatic heterocycles. The van der Waals surface area contributed by atoms with E-state index in [-0.39, 0.29) is 17.7 Å². The van der Waals surface area contributed by atoms with Gasteiger partial charge in [-0.3, -0.25) is 4.79 Å². The zero-order valence-corrected chi connectivity index (χ0v) is 12.7. The molecule has 2 rings (SSSR count). The number of phenolic OH excluding ortho intramolecular Hbond substituents is 1. The Bertz CT molecular complexity index is 455. The zero-order chi connectivity index (χ0) is 13.8. The first-order valence-electron chi connectivity index (χ1n) is 6.87. The molecule has 3 nitrogen and oxygen atoms in total. The summed E-state index contributed by atoms with van der Waals surface area (Å²) >= 11 is 3.21. The molecule has 1 saturated carbocycles. The van der Waals surface area contributed by atoms with E-state index in [1.54, 1.807) is 12.1 Å². The minimum absolute atomic E-state index is 0.0953. The number of amides is 1. The van der Waals surface area contributed by atoms with Crippen LogP contribution in [0.5, 0.6) is 5.75 Å². The number of aromatic hydroxyl groups is 1. The van der Waals surface area contributed by atoms with Crippen LogP contribution in [-0.2, 0) is 0 Å². The van der Waals surface area contributed by atoms with Gasteiger partial charge >= 0.3 is 0 Å². The minimum atomic E-state index is -0.110. The summed E-state index contributed by atoms with van der Waals surface area (Å²) in [4.78, 5) is 12.1. The van der Waals surface area contributed by atoms with Gasteiger partial charge in [-0.2, -0.15) is 0 Å². The molecule has 1 aliphatic rings. The van der Waals surface area contributed by atoms with E-state index < -0.39 is 0 Å². The van der Waals surface area contributed by atoms with Crippen molar-refractivity contribution in [3.63, 3.8) is 0 Å². The second-order valence-electron chi connectivity index (χ2n) is 5.33. The molecule has 0 heterocycles. The summed E-state index contributed by atoms with van der Waals surface area (Å²) in [5, 5.41) is 12.7. The summed E-state index contributed by atoms with van der Waals surface area (Å²) in [7, 11) is 0. The second kappa shape index (κ2) is 6.42. The maximum Gasteiger partial charge on any atom is 0.251 e. The Balaban J connectivity index is 1.97. The lowest BCUT2D eigenvalue weighted by molar-refractivity contribution is 0.0919. The van der Waals surface area contributed by atoms with E-state index >= 15 is 0 Å². The van der Waals surface area contributed by atoms with E-state index in [0.29, 0.717) is 16.0 Å². The van der Waals surface area contributed by atoms with E-state index in [0.717, 1.165) is 0 Å². The van der Waals surface area contributed by atoms with Crippen molar-refractivity contribution in [1.82, 2.24) is 5.32 Å². The van der Waals surface area contributed by atoms with Crippen LogP contribution in [0.25, 0.3) is 0 Å². The van der Waals surface area contributed by atoms with Gasteiger partial charge in [-0.25, -0.2) is 0 Å². The van der Waals surface area contributed by atoms with Crippen molar-refractivity contribution in [2.45, 2.75) is 45.1 Å². The lowest BCUT2D eigenvalue weighted by Gasteiger charge is -2.28. The predicted molar refractivity (Wildman–Crippen MR) is 79.3 cm³/mol. The molecule has 0 radical (unpaired) electrons. The van der Waals surface area contributed by atoms with Crippen LogP contribution in [0, 0.1) is 5.92 Å². The minimum Gasteiger partial charge on any atom is -0.507 e. The lowest BCUT2D eigenvalue weighted by atomic mass is 9.84. The van der Waals surface area contributed by atoms with Crippen LogP contribution < -0.4 is 5.32 Å². The van der Waals surface area contributed by atoms with Gasteiger partial charge in [-0.1, -0.05) is 19.3 Å². The lowest BCUT2D eigenvalue weighted by Crippen LogP contribution is -2.38. The summed E-state index contributed by atoms with van der Waals surface area (Å²) in [5.74, 6) is 0.570. The Morgan fingerprint density at radius 1 is 1.37 bits per heavy atom. The average molecular weight is 326 g/mol. The van der Waals surface area contributed by atoms with E-state index in [1.807, 2.05) is 0 Å². The van der Waals surface area contributed by atoms with Crippen molar-refractivity contribution in [2.75, 3.05) is 0 Å². The van der Waals surface area contributed by atoms with Gasteiger partial charge in [0.05, 0.1) is 4.47 Å². The van der Waals surface area contributed by atoms with E-state index in [4.69, 9.17) is 0 Å². The number of nitrogens with one attached hydrogen (secondary N) is 1. The van der Waals surface area contributed by atoms with Gasteiger partial charge in [-0.05, 0) is 59.8 Å². The van der Waals surface area contributed by atoms with Gasteiger partial charge < -0.3 is 10.4 Å². The van der Waals surface area contributed by atoms with Gasteiger partial charge in [0, 0.05) is 11.6 Å². The second-order valence-corrected chi connectivity index (χ2v) is 6.18. The fourth-order valence-electron chi connectivity index (χ4n) is 2.70. The van der Waals surface area contributed by atoms with Crippen molar-refractivity contribution < 1.29 is 9.90 Å². The normalized spacial score (nSPS) is 18.0. The fourth-order valence-corrected chi connectivity index (χ4v) is 2.94. The molecule has 0 bridgehead atoms. The summed E-state index contributed by atoms with van der Waals surface area (Å²) in [6.07, 6.45) is 6.26. The van der Waals surface area contributed by atoms with Gasteiger partial charge in [0.2, 0.25) is 0 Å². The topological polar surface area (TPSA) is 49.3 Å². The molecule has 2 N–H and O–H groups in total. The standard InChI is InChI=1S/C15H20BrNO2/c1-10(11-5-3-2-4-6-11)17-15(19)12-7-8-13(16)14(18)9-12/h7-11,18H,2-6H2,1H3,(H,17,19). The summed E-state index contributed by atoms with van der Waals surface area (Å²) in [5.41, 5.74) is 0.503. The molecule has 19 heavy (non-hydrogen) atoms. The quantitative estimate of drug-likeness (QED) is 0.886. The van der Waals surface area contributed by atoms with Gasteiger partial charge in [-0.15, -0.1) is 0 Å². The van der Waals surface area contributed by atoms with Gasteiger partial charge in [0.15, 0.2) is 0 Å². The fraction of sp³-hybridized carbons (Fsp3) is 0.533. The Hall–Kier alpha value is -1.03. The zero-order valence-electron chi connectivity index (χ0n) is 11.2. The maximum atomic E-state index is 12.1. The van der Waals surface area contributed by atoms with Crippen molar-refractivity contribution in [2.24, 2.45) is 5.92 Å². The van der Waals surface area contributed by atoms with Crippen LogP contribution in [0.1, 0.15) is 49.4 Å². The molecular weight excluding hydrogens is 306 g/mol. The number of hydrogen-bond acceptors (Lipinski definition) is 2. The number of phenols is 1. The highest BCUT2D eigenvalue weighted by Crippen LogP contribution is 2.27. The van der Waals surface area contributed by atoms with Crippen LogP contribution in [0.2, 0.25) is 0 Å². The van der Waals surface area contributed by atoms with Crippen molar-refractivity contribution in [1.29, 1.82) is 0 Å². The van der Waals surface area contributed by atoms with Crippen LogP contribution in [0.3, 0.4) is 0 Å². The number of benzene rings is 1. The molecular formula is C15H20BrNO2. The third-order valence-corrected chi connectivity index (χ3v) is 4.59. The molecule has 1 unspecified atom stereocenters. The summed E-state index contributed by atoms with van der Waals surface area (Å²) in [6, 6.07) is 5.09. The third-order valence-electron chi connectivity index (χ3n) is 3.92. The molecule has 0 aromatic heterocycles. The third kappa shape index (κ3) is 3.72. The van der Waals surface area contributed by atoms with Crippen molar-refractivity contribution in [3.05, 3.63) is 28.2 Å². The summed E-state index contributed by atoms with van der Waals surface area (Å²) < 4.78 is 0.601. The highest BCUT2D eigenvalue weighted by molar-refractivity contribution is 9.10. The SMILES string of the molecule is CC(NC(=O)c1ccc(Br)c(O)c1)C1CCCCC1. The molecule has 1 aromatic rings. The van der Waals surface area contributed by atoms with Crippen LogP contribution >= 0.6 is 15.9 Å². The molecule has 1 amide bonds. The predicted octanol–water partition coefficient (Wildman–Crippen LogP) is 3.85. The molecule has 1 atom stereocenters. The molecule has 4 heteroatoms. The highest BCUT2D eigenvalue weighted by atomic mass is 79.9. The Labute approximate surface area is 122 Å². The Kier molecular flexibility index (Phi) is 4.86. The largest absolute Gasteiger partial charge is 0.507 e. The first-order chi connectivity index (χ1) is 9.08. The molecule has 104 valence electrons. The monoisotopic (exact) mass is 325 g/mol. The van der Waals surface area contributed by atoms with Crippen LogP contribution in [-0.4, -0.2) is 17.1 Å². The molecule has 0 spiro atoms. The molecule has 1 aromatic carbocycles. The number of carbonyl (C=O) groups excluding carboxylic acids is 1. The number of rotatable bonds is 3. The van der Waals surface area contributed by atoms with Crippen molar-refractivity contribution in [3.8, 4) is 5.75 Å². The molecule has 1 aliphatic carbocycles. The summed E-state index contributed by atoms with van der Waals surface area (Å²) in [6.45, 7) is 2.08. The van der Waals surface area contributed by atoms with E-state index in [9.17, 15) is 9.90 Å². The molecule has 1 fully saturated rings. The molecule has 0 saturated heterocycles. The number of halogens is 1. The Morgan fingerprint density at radius 2 is 2.05 bits per heavy atom. The van der Waals surface area contributed by atoms with E-state index in [2.05, 4.69) is 28.2 Å². The Morgan fingerprint density at radius 3 is 2.68 bits per heavy atom. The van der Waals surface area contributed by atoms with Gasteiger partial charge in [0.25, 0.3) is 5.91 Å². The first kappa shape index (κ1) is 14.4. The van der Waals surface area contributed by atoms with Crippen LogP contribution in [0.15, 0.2) is 22.7 Å². The maximum absolute atomic E-state index is 12.1. The number of hydrogen-bond donors (Lipinski definition) is 2. The average Bonchev–Trinajstić information content (AvgIpc) is 2.42.